The van der Waals surface area contributed by atoms with E-state index in [4.69, 9.17) is 37.9 Å². The molecule has 0 amide bonds. The summed E-state index contributed by atoms with van der Waals surface area (Å²) in [5, 5.41) is 12.7. The Balaban J connectivity index is 2.22. The van der Waals surface area contributed by atoms with Crippen LogP contribution < -0.4 is 9.47 Å². The summed E-state index contributed by atoms with van der Waals surface area (Å²) in [6.45, 7) is 2.67. The minimum Gasteiger partial charge on any atom is -0.490 e. The molecule has 0 atom stereocenters. The second-order valence-corrected chi connectivity index (χ2v) is 5.27. The van der Waals surface area contributed by atoms with E-state index in [9.17, 15) is 0 Å². The molecule has 0 fully saturated rings. The number of benzene rings is 2. The van der Waals surface area contributed by atoms with Gasteiger partial charge in [-0.1, -0.05) is 40.5 Å². The van der Waals surface area contributed by atoms with Crippen molar-refractivity contribution in [2.75, 3.05) is 6.61 Å². The second kappa shape index (κ2) is 7.92. The topological polar surface area (TPSA) is 51.0 Å². The highest BCUT2D eigenvalue weighted by molar-refractivity contribution is 6.32. The molecule has 0 aromatic heterocycles. The predicted molar refractivity (Wildman–Crippen MR) is 87.8 cm³/mol. The maximum Gasteiger partial charge on any atom is 0.180 e. The third-order valence-electron chi connectivity index (χ3n) is 2.83. The molecule has 0 heterocycles. The number of hydrogen-bond donors (Lipinski definition) is 1. The average Bonchev–Trinajstić information content (AvgIpc) is 2.49. The summed E-state index contributed by atoms with van der Waals surface area (Å²) < 4.78 is 11.3. The van der Waals surface area contributed by atoms with Gasteiger partial charge >= 0.3 is 0 Å². The molecule has 0 bridgehead atoms. The molecular formula is C16H15Cl2NO3. The number of halogens is 2. The lowest BCUT2D eigenvalue weighted by atomic mass is 10.2. The van der Waals surface area contributed by atoms with Gasteiger partial charge in [-0.2, -0.15) is 0 Å². The number of nitrogens with zero attached hydrogens (tertiary/aromatic N) is 1. The van der Waals surface area contributed by atoms with Gasteiger partial charge in [-0.3, -0.25) is 0 Å². The van der Waals surface area contributed by atoms with Gasteiger partial charge in [-0.15, -0.1) is 0 Å². The van der Waals surface area contributed by atoms with Gasteiger partial charge in [-0.25, -0.2) is 0 Å². The first-order chi connectivity index (χ1) is 10.6. The standard InChI is InChI=1S/C16H15Cl2NO3/c1-2-21-15-8-12(9-19-20)7-14(18)16(15)22-10-11-3-5-13(17)6-4-11/h3-9,20H,2,10H2,1H3. The molecule has 0 unspecified atom stereocenters. The molecule has 4 nitrogen and oxygen atoms in total. The molecule has 0 aliphatic heterocycles. The maximum absolute atomic E-state index is 8.62. The molecule has 0 radical (unpaired) electrons. The van der Waals surface area contributed by atoms with Crippen molar-refractivity contribution in [3.05, 3.63) is 57.6 Å². The zero-order chi connectivity index (χ0) is 15.9. The quantitative estimate of drug-likeness (QED) is 0.468. The van der Waals surface area contributed by atoms with Gasteiger partial charge < -0.3 is 14.7 Å². The Morgan fingerprint density at radius 2 is 1.86 bits per heavy atom. The van der Waals surface area contributed by atoms with Crippen molar-refractivity contribution in [3.63, 3.8) is 0 Å². The van der Waals surface area contributed by atoms with Gasteiger partial charge in [0.2, 0.25) is 0 Å². The Morgan fingerprint density at radius 1 is 1.14 bits per heavy atom. The third-order valence-corrected chi connectivity index (χ3v) is 3.37. The molecule has 0 aliphatic rings. The highest BCUT2D eigenvalue weighted by Crippen LogP contribution is 2.37. The van der Waals surface area contributed by atoms with E-state index in [0.29, 0.717) is 40.3 Å². The van der Waals surface area contributed by atoms with Crippen LogP contribution in [0.5, 0.6) is 11.5 Å². The van der Waals surface area contributed by atoms with Crippen molar-refractivity contribution in [3.8, 4) is 11.5 Å². The van der Waals surface area contributed by atoms with Crippen LogP contribution in [0.3, 0.4) is 0 Å². The minimum atomic E-state index is 0.338. The van der Waals surface area contributed by atoms with E-state index in [2.05, 4.69) is 5.16 Å². The molecule has 0 saturated heterocycles. The second-order valence-electron chi connectivity index (χ2n) is 4.42. The van der Waals surface area contributed by atoms with Crippen LogP contribution in [0.25, 0.3) is 0 Å². The third kappa shape index (κ3) is 4.29. The Hall–Kier alpha value is -1.91. The average molecular weight is 340 g/mol. The summed E-state index contributed by atoms with van der Waals surface area (Å²) in [6, 6.07) is 10.7. The van der Waals surface area contributed by atoms with E-state index >= 15 is 0 Å². The Labute approximate surface area is 138 Å². The molecule has 0 saturated carbocycles. The van der Waals surface area contributed by atoms with Crippen LogP contribution in [0.2, 0.25) is 10.0 Å². The van der Waals surface area contributed by atoms with Crippen LogP contribution in [0, 0.1) is 0 Å². The molecule has 1 N–H and O–H groups in total. The van der Waals surface area contributed by atoms with Crippen molar-refractivity contribution < 1.29 is 14.7 Å². The molecule has 2 aromatic carbocycles. The Morgan fingerprint density at radius 3 is 2.50 bits per heavy atom. The van der Waals surface area contributed by atoms with Gasteiger partial charge in [0, 0.05) is 10.6 Å². The molecule has 2 rings (SSSR count). The van der Waals surface area contributed by atoms with Crippen molar-refractivity contribution in [1.82, 2.24) is 0 Å². The summed E-state index contributed by atoms with van der Waals surface area (Å²) in [4.78, 5) is 0. The smallest absolute Gasteiger partial charge is 0.180 e. The van der Waals surface area contributed by atoms with Gasteiger partial charge in [0.05, 0.1) is 17.8 Å². The molecule has 0 spiro atoms. The van der Waals surface area contributed by atoms with Crippen LogP contribution in [0.15, 0.2) is 41.6 Å². The van der Waals surface area contributed by atoms with Crippen LogP contribution in [-0.4, -0.2) is 18.0 Å². The fourth-order valence-electron chi connectivity index (χ4n) is 1.87. The van der Waals surface area contributed by atoms with Crippen LogP contribution >= 0.6 is 23.2 Å². The van der Waals surface area contributed by atoms with Crippen LogP contribution in [0.1, 0.15) is 18.1 Å². The lowest BCUT2D eigenvalue weighted by molar-refractivity contribution is 0.269. The molecule has 0 aliphatic carbocycles. The summed E-state index contributed by atoms with van der Waals surface area (Å²) in [5.74, 6) is 0.951. The van der Waals surface area contributed by atoms with Crippen molar-refractivity contribution >= 4 is 29.4 Å². The van der Waals surface area contributed by atoms with E-state index in [1.54, 1.807) is 24.3 Å². The lowest BCUT2D eigenvalue weighted by Crippen LogP contribution is -2.01. The first kappa shape index (κ1) is 16.5. The van der Waals surface area contributed by atoms with Crippen molar-refractivity contribution in [1.29, 1.82) is 0 Å². The molecule has 6 heteroatoms. The Kier molecular flexibility index (Phi) is 5.92. The molecular weight excluding hydrogens is 325 g/mol. The van der Waals surface area contributed by atoms with Crippen LogP contribution in [0.4, 0.5) is 0 Å². The highest BCUT2D eigenvalue weighted by Gasteiger charge is 2.12. The Bertz CT molecular complexity index is 657. The molecule has 116 valence electrons. The van der Waals surface area contributed by atoms with Crippen molar-refractivity contribution in [2.24, 2.45) is 5.16 Å². The molecule has 2 aromatic rings. The summed E-state index contributed by atoms with van der Waals surface area (Å²) in [7, 11) is 0. The van der Waals surface area contributed by atoms with E-state index < -0.39 is 0 Å². The first-order valence-corrected chi connectivity index (χ1v) is 7.40. The summed E-state index contributed by atoms with van der Waals surface area (Å²) >= 11 is 12.1. The zero-order valence-electron chi connectivity index (χ0n) is 11.9. The van der Waals surface area contributed by atoms with E-state index in [-0.39, 0.29) is 0 Å². The number of rotatable bonds is 6. The fraction of sp³-hybridized carbons (Fsp3) is 0.188. The first-order valence-electron chi connectivity index (χ1n) is 6.65. The normalized spacial score (nSPS) is 10.9. The predicted octanol–water partition coefficient (Wildman–Crippen LogP) is 4.78. The largest absolute Gasteiger partial charge is 0.490 e. The van der Waals surface area contributed by atoms with Gasteiger partial charge in [0.1, 0.15) is 6.61 Å². The number of oxime groups is 1. The van der Waals surface area contributed by atoms with E-state index in [0.717, 1.165) is 5.56 Å². The monoisotopic (exact) mass is 339 g/mol. The van der Waals surface area contributed by atoms with Gasteiger partial charge in [0.15, 0.2) is 11.5 Å². The highest BCUT2D eigenvalue weighted by atomic mass is 35.5. The maximum atomic E-state index is 8.62. The van der Waals surface area contributed by atoms with Gasteiger partial charge in [-0.05, 0) is 36.8 Å². The van der Waals surface area contributed by atoms with E-state index in [1.807, 2.05) is 19.1 Å². The fourth-order valence-corrected chi connectivity index (χ4v) is 2.27. The molecule has 22 heavy (non-hydrogen) atoms. The zero-order valence-corrected chi connectivity index (χ0v) is 13.4. The lowest BCUT2D eigenvalue weighted by Gasteiger charge is -2.14. The SMILES string of the molecule is CCOc1cc(C=NO)cc(Cl)c1OCc1ccc(Cl)cc1. The minimum absolute atomic E-state index is 0.338. The summed E-state index contributed by atoms with van der Waals surface area (Å²) in [5.41, 5.74) is 1.58. The summed E-state index contributed by atoms with van der Waals surface area (Å²) in [6.07, 6.45) is 1.28. The van der Waals surface area contributed by atoms with Crippen LogP contribution in [-0.2, 0) is 6.61 Å². The van der Waals surface area contributed by atoms with E-state index in [1.165, 1.54) is 6.21 Å². The number of ether oxygens (including phenoxy) is 2. The van der Waals surface area contributed by atoms with Crippen molar-refractivity contribution in [2.45, 2.75) is 13.5 Å². The number of hydrogen-bond acceptors (Lipinski definition) is 4. The van der Waals surface area contributed by atoms with Gasteiger partial charge in [0.25, 0.3) is 0 Å².